The molecule has 4 rings (SSSR count). The van der Waals surface area contributed by atoms with E-state index in [0.29, 0.717) is 6.54 Å². The number of hydrogen-bond acceptors (Lipinski definition) is 6. The van der Waals surface area contributed by atoms with Gasteiger partial charge in [0.2, 0.25) is 15.9 Å². The number of benzene rings is 4. The first-order valence-electron chi connectivity index (χ1n) is 16.8. The smallest absolute Gasteiger partial charge is 0.252 e. The predicted molar refractivity (Wildman–Crippen MR) is 195 cm³/mol. The van der Waals surface area contributed by atoms with Crippen molar-refractivity contribution in [1.29, 1.82) is 0 Å². The largest absolute Gasteiger partial charge is 0.390 e. The molecular formula is C39H50N4O5S. The maximum atomic E-state index is 14.2. The van der Waals surface area contributed by atoms with E-state index >= 15 is 0 Å². The van der Waals surface area contributed by atoms with Crippen molar-refractivity contribution in [2.24, 2.45) is 11.3 Å². The summed E-state index contributed by atoms with van der Waals surface area (Å²) >= 11 is 0. The van der Waals surface area contributed by atoms with Crippen LogP contribution in [0.3, 0.4) is 0 Å². The lowest BCUT2D eigenvalue weighted by Gasteiger charge is -2.38. The first kappa shape index (κ1) is 37.7. The third-order valence-corrected chi connectivity index (χ3v) is 9.86. The van der Waals surface area contributed by atoms with Crippen molar-refractivity contribution in [3.63, 3.8) is 0 Å². The number of hydrogen-bond donors (Lipinski definition) is 3. The molecule has 0 saturated carbocycles. The maximum Gasteiger partial charge on any atom is 0.252 e. The van der Waals surface area contributed by atoms with Gasteiger partial charge in [-0.05, 0) is 51.8 Å². The lowest BCUT2D eigenvalue weighted by atomic mass is 9.91. The van der Waals surface area contributed by atoms with Gasteiger partial charge >= 0.3 is 0 Å². The fourth-order valence-corrected chi connectivity index (χ4v) is 7.36. The molecule has 0 aliphatic carbocycles. The molecule has 3 N–H and O–H groups in total. The zero-order valence-electron chi connectivity index (χ0n) is 29.2. The number of fused-ring (bicyclic) bond motifs is 1. The highest BCUT2D eigenvalue weighted by Gasteiger charge is 2.37. The molecule has 2 atom stereocenters. The third-order valence-electron chi connectivity index (χ3n) is 8.03. The van der Waals surface area contributed by atoms with Crippen molar-refractivity contribution in [3.05, 3.63) is 114 Å². The van der Waals surface area contributed by atoms with Gasteiger partial charge in [-0.25, -0.2) is 13.4 Å². The molecule has 0 aliphatic rings. The normalized spacial score (nSPS) is 13.4. The number of aliphatic hydroxyl groups is 1. The Labute approximate surface area is 291 Å². The van der Waals surface area contributed by atoms with Crippen molar-refractivity contribution in [2.75, 3.05) is 19.6 Å². The van der Waals surface area contributed by atoms with E-state index in [1.54, 1.807) is 18.2 Å². The third kappa shape index (κ3) is 11.2. The van der Waals surface area contributed by atoms with Gasteiger partial charge in [0.15, 0.2) is 0 Å². The van der Waals surface area contributed by atoms with Crippen LogP contribution in [0.5, 0.6) is 0 Å². The number of carbonyl (C=O) groups excluding carboxylic acids is 2. The number of sulfonamides is 1. The molecule has 0 spiro atoms. The van der Waals surface area contributed by atoms with E-state index in [4.69, 9.17) is 0 Å². The molecule has 9 nitrogen and oxygen atoms in total. The van der Waals surface area contributed by atoms with Crippen molar-refractivity contribution in [1.82, 2.24) is 20.1 Å². The van der Waals surface area contributed by atoms with Crippen LogP contribution in [0.25, 0.3) is 10.8 Å². The first-order valence-corrected chi connectivity index (χ1v) is 18.2. The van der Waals surface area contributed by atoms with Gasteiger partial charge in [0.05, 0.1) is 23.6 Å². The van der Waals surface area contributed by atoms with Gasteiger partial charge in [-0.2, -0.15) is 4.31 Å². The summed E-state index contributed by atoms with van der Waals surface area (Å²) in [5, 5.41) is 18.1. The fraction of sp³-hybridized carbons (Fsp3) is 0.385. The molecule has 262 valence electrons. The summed E-state index contributed by atoms with van der Waals surface area (Å²) in [5.41, 5.74) is 4.20. The molecule has 4 aromatic carbocycles. The summed E-state index contributed by atoms with van der Waals surface area (Å²) < 4.78 is 29.7. The van der Waals surface area contributed by atoms with E-state index in [1.165, 1.54) is 9.31 Å². The zero-order valence-corrected chi connectivity index (χ0v) is 30.0. The van der Waals surface area contributed by atoms with Gasteiger partial charge in [-0.15, -0.1) is 0 Å². The molecule has 0 heterocycles. The Hall–Kier alpha value is -4.09. The molecule has 0 saturated heterocycles. The molecule has 2 amide bonds. The van der Waals surface area contributed by atoms with Gasteiger partial charge in [0, 0.05) is 26.1 Å². The summed E-state index contributed by atoms with van der Waals surface area (Å²) in [6, 6.07) is 30.6. The Bertz CT molecular complexity index is 1780. The second kappa shape index (κ2) is 17.0. The maximum absolute atomic E-state index is 14.2. The minimum Gasteiger partial charge on any atom is -0.390 e. The second-order valence-corrected chi connectivity index (χ2v) is 16.1. The van der Waals surface area contributed by atoms with E-state index in [-0.39, 0.29) is 49.2 Å². The summed E-state index contributed by atoms with van der Waals surface area (Å²) in [6.07, 6.45) is -1.08. The van der Waals surface area contributed by atoms with Crippen LogP contribution in [0.4, 0.5) is 0 Å². The SMILES string of the molecule is CC(C)CN(C[C@@H](O)C(Cc1ccccc1)N(NC(=O)CNCc1ccccc1)C(=O)CC(C)(C)C)S(=O)(=O)c1ccc2ccccc2c1. The van der Waals surface area contributed by atoms with Crippen molar-refractivity contribution in [2.45, 2.75) is 71.0 Å². The molecule has 0 radical (unpaired) electrons. The van der Waals surface area contributed by atoms with Gasteiger partial charge in [0.25, 0.3) is 5.91 Å². The van der Waals surface area contributed by atoms with Gasteiger partial charge in [0.1, 0.15) is 0 Å². The molecule has 0 fully saturated rings. The van der Waals surface area contributed by atoms with E-state index in [2.05, 4.69) is 10.7 Å². The lowest BCUT2D eigenvalue weighted by molar-refractivity contribution is -0.149. The fourth-order valence-electron chi connectivity index (χ4n) is 5.70. The molecule has 4 aromatic rings. The van der Waals surface area contributed by atoms with Crippen LogP contribution < -0.4 is 10.7 Å². The highest BCUT2D eigenvalue weighted by molar-refractivity contribution is 7.89. The summed E-state index contributed by atoms with van der Waals surface area (Å²) in [5.74, 6) is -0.882. The predicted octanol–water partition coefficient (Wildman–Crippen LogP) is 5.54. The van der Waals surface area contributed by atoms with Crippen LogP contribution in [0.1, 0.15) is 52.2 Å². The van der Waals surface area contributed by atoms with Gasteiger partial charge in [-0.1, -0.05) is 126 Å². The highest BCUT2D eigenvalue weighted by atomic mass is 32.2. The zero-order chi connectivity index (χ0) is 35.6. The van der Waals surface area contributed by atoms with Crippen LogP contribution in [0.2, 0.25) is 0 Å². The molecule has 0 aromatic heterocycles. The number of nitrogens with zero attached hydrogens (tertiary/aromatic N) is 2. The van der Waals surface area contributed by atoms with E-state index in [1.807, 2.05) is 120 Å². The van der Waals surface area contributed by atoms with E-state index in [9.17, 15) is 23.1 Å². The molecular weight excluding hydrogens is 637 g/mol. The number of amides is 2. The minimum atomic E-state index is -4.05. The molecule has 0 aliphatic heterocycles. The van der Waals surface area contributed by atoms with Crippen LogP contribution in [0.15, 0.2) is 108 Å². The Morgan fingerprint density at radius 2 is 1.39 bits per heavy atom. The van der Waals surface area contributed by atoms with Crippen molar-refractivity contribution in [3.8, 4) is 0 Å². The van der Waals surface area contributed by atoms with Crippen molar-refractivity contribution >= 4 is 32.6 Å². The van der Waals surface area contributed by atoms with Gasteiger partial charge in [-0.3, -0.25) is 15.0 Å². The number of nitrogens with one attached hydrogen (secondary N) is 2. The minimum absolute atomic E-state index is 0.0518. The molecule has 49 heavy (non-hydrogen) atoms. The number of carbonyl (C=O) groups is 2. The number of aliphatic hydroxyl groups excluding tert-OH is 1. The summed E-state index contributed by atoms with van der Waals surface area (Å²) in [4.78, 5) is 27.5. The van der Waals surface area contributed by atoms with Crippen LogP contribution in [-0.4, -0.2) is 66.4 Å². The average molecular weight is 687 g/mol. The molecule has 10 heteroatoms. The topological polar surface area (TPSA) is 119 Å². The van der Waals surface area contributed by atoms with Gasteiger partial charge < -0.3 is 10.4 Å². The average Bonchev–Trinajstić information content (AvgIpc) is 3.05. The second-order valence-electron chi connectivity index (χ2n) is 14.2. The highest BCUT2D eigenvalue weighted by Crippen LogP contribution is 2.26. The van der Waals surface area contributed by atoms with Crippen LogP contribution >= 0.6 is 0 Å². The number of hydrazine groups is 1. The standard InChI is InChI=1S/C39H50N4O5S/c1-29(2)27-42(49(47,48)34-21-20-32-18-12-13-19-33(32)23-34)28-36(44)35(22-30-14-8-6-9-15-30)43(38(46)24-39(3,4)5)41-37(45)26-40-25-31-16-10-7-11-17-31/h6-21,23,29,35-36,40,44H,22,24-28H2,1-5H3,(H,41,45)/t35?,36-/m1/s1. The monoisotopic (exact) mass is 686 g/mol. The first-order chi connectivity index (χ1) is 23.2. The lowest BCUT2D eigenvalue weighted by Crippen LogP contribution is -2.60. The Balaban J connectivity index is 1.66. The van der Waals surface area contributed by atoms with Crippen LogP contribution in [-0.2, 0) is 32.6 Å². The Kier molecular flexibility index (Phi) is 13.1. The summed E-state index contributed by atoms with van der Waals surface area (Å²) in [7, 11) is -4.05. The van der Waals surface area contributed by atoms with E-state index in [0.717, 1.165) is 21.9 Å². The Morgan fingerprint density at radius 3 is 2.00 bits per heavy atom. The molecule has 1 unspecified atom stereocenters. The molecule has 0 bridgehead atoms. The van der Waals surface area contributed by atoms with Crippen LogP contribution in [0, 0.1) is 11.3 Å². The van der Waals surface area contributed by atoms with Crippen molar-refractivity contribution < 1.29 is 23.1 Å². The Morgan fingerprint density at radius 1 is 0.796 bits per heavy atom. The van der Waals surface area contributed by atoms with E-state index < -0.39 is 33.5 Å². The number of rotatable bonds is 15. The quantitative estimate of drug-likeness (QED) is 0.141. The summed E-state index contributed by atoms with van der Waals surface area (Å²) in [6.45, 7) is 9.86.